The molecule has 0 amide bonds. The zero-order valence-electron chi connectivity index (χ0n) is 8.85. The molecule has 0 aliphatic carbocycles. The molecule has 1 radical (unpaired) electrons. The van der Waals surface area contributed by atoms with E-state index in [9.17, 15) is 0 Å². The first kappa shape index (κ1) is 18.7. The fraction of sp³-hybridized carbons (Fsp3) is 0. The molecule has 2 aromatic rings. The summed E-state index contributed by atoms with van der Waals surface area (Å²) in [5.74, 6) is 0.713. The first-order valence-corrected chi connectivity index (χ1v) is 4.37. The molecule has 0 bridgehead atoms. The molecule has 1 heterocycles. The van der Waals surface area contributed by atoms with Gasteiger partial charge in [-0.1, -0.05) is 6.07 Å². The van der Waals surface area contributed by atoms with Crippen molar-refractivity contribution in [1.29, 1.82) is 0 Å². The zero-order valence-corrected chi connectivity index (χ0v) is 11.9. The number of hydrogen-bond donors (Lipinski definition) is 0. The van der Waals surface area contributed by atoms with Gasteiger partial charge in [0.05, 0.1) is 0 Å². The summed E-state index contributed by atoms with van der Waals surface area (Å²) < 4.78 is 0. The Labute approximate surface area is 128 Å². The molecule has 0 N–H and O–H groups in total. The first-order valence-electron chi connectivity index (χ1n) is 4.37. The van der Waals surface area contributed by atoms with Gasteiger partial charge in [0, 0.05) is 6.20 Å². The summed E-state index contributed by atoms with van der Waals surface area (Å²) >= 11 is 0. The van der Waals surface area contributed by atoms with E-state index in [1.54, 1.807) is 12.4 Å². The Balaban J connectivity index is 0. The minimum absolute atomic E-state index is 0. The van der Waals surface area contributed by atoms with E-state index < -0.39 is 0 Å². The minimum Gasteiger partial charge on any atom is -1.00 e. The van der Waals surface area contributed by atoms with Gasteiger partial charge < -0.3 is 24.8 Å². The molecule has 1 aromatic heterocycles. The number of pyridine rings is 1. The van der Waals surface area contributed by atoms with Crippen molar-refractivity contribution in [2.24, 2.45) is 4.99 Å². The molecule has 17 heavy (non-hydrogen) atoms. The molecule has 0 fully saturated rings. The fourth-order valence-corrected chi connectivity index (χ4v) is 1.05. The van der Waals surface area contributed by atoms with Crippen molar-refractivity contribution < 1.29 is 46.5 Å². The van der Waals surface area contributed by atoms with Gasteiger partial charge in [-0.2, -0.15) is 0 Å². The maximum Gasteiger partial charge on any atom is 3.00 e. The van der Waals surface area contributed by atoms with Gasteiger partial charge in [0.25, 0.3) is 0 Å². The number of aliphatic imine (C=N–C) groups is 1. The predicted octanol–water partition coefficient (Wildman–Crippen LogP) is -3.36. The summed E-state index contributed by atoms with van der Waals surface area (Å²) in [6, 6.07) is 16.4. The standard InChI is InChI=1S/C12H9N2.2ClH.Ti/c1-2-6-11(7-3-1)10-14-12-8-4-5-9-13-12;;;/h1-6,8-10H;2*1H;/q-1;;;+3/p-2. The Morgan fingerprint density at radius 3 is 2.41 bits per heavy atom. The third-order valence-corrected chi connectivity index (χ3v) is 1.72. The van der Waals surface area contributed by atoms with Crippen molar-refractivity contribution in [3.8, 4) is 0 Å². The van der Waals surface area contributed by atoms with Gasteiger partial charge >= 0.3 is 21.7 Å². The maximum atomic E-state index is 4.21. The Morgan fingerprint density at radius 1 is 1.06 bits per heavy atom. The number of rotatable bonds is 2. The van der Waals surface area contributed by atoms with Gasteiger partial charge in [0.1, 0.15) is 5.82 Å². The Kier molecular flexibility index (Phi) is 11.5. The van der Waals surface area contributed by atoms with Crippen molar-refractivity contribution >= 4 is 12.0 Å². The van der Waals surface area contributed by atoms with Gasteiger partial charge in [-0.15, -0.1) is 35.9 Å². The molecule has 1 aromatic carbocycles. The summed E-state index contributed by atoms with van der Waals surface area (Å²) in [6.07, 6.45) is 3.48. The molecule has 2 rings (SSSR count). The van der Waals surface area contributed by atoms with Crippen molar-refractivity contribution in [3.63, 3.8) is 0 Å². The van der Waals surface area contributed by atoms with Gasteiger partial charge in [-0.05, 0) is 18.3 Å². The molecule has 0 spiro atoms. The molecule has 0 saturated carbocycles. The van der Waals surface area contributed by atoms with Crippen LogP contribution in [0.2, 0.25) is 0 Å². The minimum atomic E-state index is 0. The van der Waals surface area contributed by atoms with Crippen molar-refractivity contribution in [2.75, 3.05) is 0 Å². The Bertz CT molecular complexity index is 380. The van der Waals surface area contributed by atoms with E-state index in [1.165, 1.54) is 0 Å². The molecular formula is C12H9Cl2N2Ti. The Morgan fingerprint density at radius 2 is 1.82 bits per heavy atom. The molecule has 0 aliphatic heterocycles. The topological polar surface area (TPSA) is 25.2 Å². The summed E-state index contributed by atoms with van der Waals surface area (Å²) in [6.45, 7) is 0. The number of nitrogens with zero attached hydrogens (tertiary/aromatic N) is 2. The zero-order chi connectivity index (χ0) is 9.64. The maximum absolute atomic E-state index is 4.21. The van der Waals surface area contributed by atoms with Crippen LogP contribution in [0.1, 0.15) is 5.56 Å². The van der Waals surface area contributed by atoms with Crippen molar-refractivity contribution in [2.45, 2.75) is 0 Å². The average molecular weight is 300 g/mol. The molecule has 0 saturated heterocycles. The molecule has 0 unspecified atom stereocenters. The van der Waals surface area contributed by atoms with Crippen LogP contribution in [0.3, 0.4) is 0 Å². The van der Waals surface area contributed by atoms with Crippen LogP contribution in [0.15, 0.2) is 53.7 Å². The van der Waals surface area contributed by atoms with Crippen LogP contribution in [0.25, 0.3) is 0 Å². The van der Waals surface area contributed by atoms with E-state index in [0.29, 0.717) is 5.82 Å². The van der Waals surface area contributed by atoms with E-state index in [4.69, 9.17) is 0 Å². The van der Waals surface area contributed by atoms with Crippen molar-refractivity contribution in [1.82, 2.24) is 4.98 Å². The van der Waals surface area contributed by atoms with E-state index in [2.05, 4.69) is 16.0 Å². The van der Waals surface area contributed by atoms with Crippen LogP contribution in [0.5, 0.6) is 0 Å². The van der Waals surface area contributed by atoms with Crippen molar-refractivity contribution in [3.05, 3.63) is 60.3 Å². The van der Waals surface area contributed by atoms with Gasteiger partial charge in [0.15, 0.2) is 0 Å². The van der Waals surface area contributed by atoms with Gasteiger partial charge in [-0.25, -0.2) is 4.98 Å². The average Bonchev–Trinajstić information content (AvgIpc) is 2.29. The second-order valence-corrected chi connectivity index (χ2v) is 2.76. The monoisotopic (exact) mass is 299 g/mol. The summed E-state index contributed by atoms with van der Waals surface area (Å²) in [5, 5.41) is 0. The molecular weight excluding hydrogens is 291 g/mol. The number of aromatic nitrogens is 1. The smallest absolute Gasteiger partial charge is 1.00 e. The molecule has 2 nitrogen and oxygen atoms in total. The first-order chi connectivity index (χ1) is 6.95. The third kappa shape index (κ3) is 6.59. The van der Waals surface area contributed by atoms with Crippen LogP contribution in [-0.4, -0.2) is 11.2 Å². The summed E-state index contributed by atoms with van der Waals surface area (Å²) in [5.41, 5.74) is 0.957. The SMILES string of the molecule is [Cl-].[Cl-].[Ti+3].[c-]1ccccc1C=Nc1ccccn1. The number of halogens is 2. The van der Waals surface area contributed by atoms with Gasteiger partial charge in [-0.3, -0.25) is 4.99 Å². The predicted molar refractivity (Wildman–Crippen MR) is 56.8 cm³/mol. The van der Waals surface area contributed by atoms with E-state index in [0.717, 1.165) is 5.56 Å². The number of benzene rings is 1. The van der Waals surface area contributed by atoms with Crippen LogP contribution < -0.4 is 24.8 Å². The van der Waals surface area contributed by atoms with Crippen LogP contribution >= 0.6 is 0 Å². The quantitative estimate of drug-likeness (QED) is 0.323. The van der Waals surface area contributed by atoms with Crippen LogP contribution in [0.4, 0.5) is 5.82 Å². The van der Waals surface area contributed by atoms with E-state index in [1.807, 2.05) is 42.5 Å². The molecule has 0 atom stereocenters. The molecule has 85 valence electrons. The largest absolute Gasteiger partial charge is 3.00 e. The summed E-state index contributed by atoms with van der Waals surface area (Å²) in [7, 11) is 0. The fourth-order valence-electron chi connectivity index (χ4n) is 1.05. The Hall–Kier alpha value is -0.666. The number of hydrogen-bond acceptors (Lipinski definition) is 2. The second kappa shape index (κ2) is 10.5. The second-order valence-electron chi connectivity index (χ2n) is 2.76. The molecule has 0 aliphatic rings. The van der Waals surface area contributed by atoms with Crippen LogP contribution in [0, 0.1) is 6.07 Å². The summed E-state index contributed by atoms with van der Waals surface area (Å²) in [4.78, 5) is 8.29. The van der Waals surface area contributed by atoms with E-state index >= 15 is 0 Å². The van der Waals surface area contributed by atoms with Gasteiger partial charge in [0.2, 0.25) is 0 Å². The normalized spacial score (nSPS) is 8.71. The van der Waals surface area contributed by atoms with E-state index in [-0.39, 0.29) is 46.5 Å². The molecule has 5 heteroatoms. The van der Waals surface area contributed by atoms with Crippen LogP contribution in [-0.2, 0) is 21.7 Å². The third-order valence-electron chi connectivity index (χ3n) is 1.72.